The van der Waals surface area contributed by atoms with Gasteiger partial charge < -0.3 is 10.1 Å². The highest BCUT2D eigenvalue weighted by atomic mass is 16.5. The minimum atomic E-state index is 0.345. The fourth-order valence-electron chi connectivity index (χ4n) is 2.42. The van der Waals surface area contributed by atoms with Crippen LogP contribution in [0.4, 0.5) is 0 Å². The molecule has 21 heavy (non-hydrogen) atoms. The van der Waals surface area contributed by atoms with Gasteiger partial charge in [-0.1, -0.05) is 56.3 Å². The molecule has 0 bridgehead atoms. The Morgan fingerprint density at radius 1 is 0.952 bits per heavy atom. The summed E-state index contributed by atoms with van der Waals surface area (Å²) in [5.74, 6) is 0.954. The second-order valence-electron chi connectivity index (χ2n) is 5.22. The Bertz CT molecular complexity index is 507. The summed E-state index contributed by atoms with van der Waals surface area (Å²) in [6.45, 7) is 6.01. The number of hydrogen-bond donors (Lipinski definition) is 1. The first-order valence-electron chi connectivity index (χ1n) is 7.83. The normalized spacial score (nSPS) is 12.1. The van der Waals surface area contributed by atoms with Gasteiger partial charge in [-0.3, -0.25) is 0 Å². The minimum Gasteiger partial charge on any atom is -0.494 e. The molecule has 2 aromatic carbocycles. The predicted molar refractivity (Wildman–Crippen MR) is 88.8 cm³/mol. The molecular formula is C19H25NO. The molecule has 1 unspecified atom stereocenters. The van der Waals surface area contributed by atoms with Crippen molar-refractivity contribution in [2.45, 2.75) is 32.7 Å². The smallest absolute Gasteiger partial charge is 0.119 e. The summed E-state index contributed by atoms with van der Waals surface area (Å²) in [5, 5.41) is 3.57. The first-order valence-corrected chi connectivity index (χ1v) is 7.83. The third kappa shape index (κ3) is 4.91. The fraction of sp³-hybridized carbons (Fsp3) is 0.368. The molecule has 0 amide bonds. The van der Waals surface area contributed by atoms with Crippen LogP contribution in [0.25, 0.3) is 0 Å². The quantitative estimate of drug-likeness (QED) is 0.777. The van der Waals surface area contributed by atoms with Crippen LogP contribution in [0.1, 0.15) is 37.4 Å². The second kappa shape index (κ2) is 8.48. The first-order chi connectivity index (χ1) is 10.3. The molecular weight excluding hydrogens is 258 g/mol. The molecule has 0 saturated heterocycles. The molecule has 0 heterocycles. The maximum Gasteiger partial charge on any atom is 0.119 e. The largest absolute Gasteiger partial charge is 0.494 e. The highest BCUT2D eigenvalue weighted by Crippen LogP contribution is 2.21. The molecule has 112 valence electrons. The van der Waals surface area contributed by atoms with Crippen LogP contribution in [-0.2, 0) is 6.42 Å². The third-order valence-electron chi connectivity index (χ3n) is 3.49. The van der Waals surface area contributed by atoms with Crippen molar-refractivity contribution in [3.63, 3.8) is 0 Å². The summed E-state index contributed by atoms with van der Waals surface area (Å²) in [6.07, 6.45) is 2.04. The summed E-state index contributed by atoms with van der Waals surface area (Å²) >= 11 is 0. The van der Waals surface area contributed by atoms with E-state index in [2.05, 4.69) is 73.8 Å². The van der Waals surface area contributed by atoms with Gasteiger partial charge in [-0.2, -0.15) is 0 Å². The lowest BCUT2D eigenvalue weighted by molar-refractivity contribution is 0.317. The van der Waals surface area contributed by atoms with Gasteiger partial charge in [-0.15, -0.1) is 0 Å². The molecule has 1 N–H and O–H groups in total. The van der Waals surface area contributed by atoms with Crippen molar-refractivity contribution in [2.75, 3.05) is 13.2 Å². The van der Waals surface area contributed by atoms with Gasteiger partial charge >= 0.3 is 0 Å². The maximum atomic E-state index is 5.65. The van der Waals surface area contributed by atoms with Crippen LogP contribution >= 0.6 is 0 Å². The average Bonchev–Trinajstić information content (AvgIpc) is 2.54. The molecule has 0 aliphatic rings. The van der Waals surface area contributed by atoms with Crippen LogP contribution in [0.2, 0.25) is 0 Å². The fourth-order valence-corrected chi connectivity index (χ4v) is 2.42. The Balaban J connectivity index is 2.06. The molecule has 0 aliphatic heterocycles. The predicted octanol–water partition coefficient (Wildman–Crippen LogP) is 4.37. The van der Waals surface area contributed by atoms with Gasteiger partial charge in [0.1, 0.15) is 5.75 Å². The highest BCUT2D eigenvalue weighted by Gasteiger charge is 2.11. The van der Waals surface area contributed by atoms with Crippen LogP contribution in [0.15, 0.2) is 54.6 Å². The summed E-state index contributed by atoms with van der Waals surface area (Å²) in [4.78, 5) is 0. The van der Waals surface area contributed by atoms with Gasteiger partial charge in [0.15, 0.2) is 0 Å². The van der Waals surface area contributed by atoms with Crippen molar-refractivity contribution in [1.29, 1.82) is 0 Å². The lowest BCUT2D eigenvalue weighted by atomic mass is 9.99. The molecule has 0 saturated carbocycles. The van der Waals surface area contributed by atoms with Gasteiger partial charge in [0.25, 0.3) is 0 Å². The van der Waals surface area contributed by atoms with E-state index in [9.17, 15) is 0 Å². The molecule has 2 heteroatoms. The van der Waals surface area contributed by atoms with Gasteiger partial charge in [0, 0.05) is 6.04 Å². The first kappa shape index (κ1) is 15.6. The van der Waals surface area contributed by atoms with E-state index in [-0.39, 0.29) is 0 Å². The molecule has 0 spiro atoms. The summed E-state index contributed by atoms with van der Waals surface area (Å²) < 4.78 is 5.65. The zero-order valence-corrected chi connectivity index (χ0v) is 13.0. The highest BCUT2D eigenvalue weighted by molar-refractivity contribution is 5.30. The number of likely N-dealkylation sites (N-methyl/N-ethyl adjacent to an activating group) is 1. The van der Waals surface area contributed by atoms with Gasteiger partial charge in [-0.25, -0.2) is 0 Å². The number of ether oxygens (including phenoxy) is 1. The Labute approximate surface area is 128 Å². The SMILES string of the molecule is CCCOc1ccc(C(Cc2ccccc2)NCC)cc1. The minimum absolute atomic E-state index is 0.345. The van der Waals surface area contributed by atoms with Crippen LogP contribution in [0.5, 0.6) is 5.75 Å². The van der Waals surface area contributed by atoms with E-state index in [1.54, 1.807) is 0 Å². The van der Waals surface area contributed by atoms with Crippen molar-refractivity contribution < 1.29 is 4.74 Å². The number of benzene rings is 2. The topological polar surface area (TPSA) is 21.3 Å². The molecule has 0 radical (unpaired) electrons. The van der Waals surface area contributed by atoms with E-state index in [0.717, 1.165) is 31.7 Å². The standard InChI is InChI=1S/C19H25NO/c1-3-14-21-18-12-10-17(11-13-18)19(20-4-2)15-16-8-6-5-7-9-16/h5-13,19-20H,3-4,14-15H2,1-2H3. The Kier molecular flexibility index (Phi) is 6.29. The van der Waals surface area contributed by atoms with Gasteiger partial charge in [0.2, 0.25) is 0 Å². The van der Waals surface area contributed by atoms with Crippen molar-refractivity contribution in [3.8, 4) is 5.75 Å². The molecule has 0 aliphatic carbocycles. The molecule has 2 aromatic rings. The van der Waals surface area contributed by atoms with E-state index in [0.29, 0.717) is 6.04 Å². The van der Waals surface area contributed by atoms with E-state index in [1.807, 2.05) is 0 Å². The van der Waals surface area contributed by atoms with Crippen molar-refractivity contribution in [1.82, 2.24) is 5.32 Å². The average molecular weight is 283 g/mol. The lowest BCUT2D eigenvalue weighted by Gasteiger charge is -2.19. The van der Waals surface area contributed by atoms with E-state index in [4.69, 9.17) is 4.74 Å². The number of hydrogen-bond acceptors (Lipinski definition) is 2. The van der Waals surface area contributed by atoms with Crippen LogP contribution < -0.4 is 10.1 Å². The van der Waals surface area contributed by atoms with Gasteiger partial charge in [-0.05, 0) is 42.6 Å². The summed E-state index contributed by atoms with van der Waals surface area (Å²) in [6, 6.07) is 19.4. The zero-order chi connectivity index (χ0) is 14.9. The van der Waals surface area contributed by atoms with Gasteiger partial charge in [0.05, 0.1) is 6.61 Å². The Hall–Kier alpha value is -1.80. The molecule has 0 aromatic heterocycles. The summed E-state index contributed by atoms with van der Waals surface area (Å²) in [7, 11) is 0. The number of rotatable bonds is 8. The third-order valence-corrected chi connectivity index (χ3v) is 3.49. The Morgan fingerprint density at radius 2 is 1.67 bits per heavy atom. The monoisotopic (exact) mass is 283 g/mol. The zero-order valence-electron chi connectivity index (χ0n) is 13.0. The van der Waals surface area contributed by atoms with Crippen molar-refractivity contribution >= 4 is 0 Å². The van der Waals surface area contributed by atoms with E-state index >= 15 is 0 Å². The molecule has 2 rings (SSSR count). The lowest BCUT2D eigenvalue weighted by Crippen LogP contribution is -2.22. The van der Waals surface area contributed by atoms with E-state index < -0.39 is 0 Å². The molecule has 1 atom stereocenters. The molecule has 0 fully saturated rings. The summed E-state index contributed by atoms with van der Waals surface area (Å²) in [5.41, 5.74) is 2.67. The van der Waals surface area contributed by atoms with Crippen LogP contribution in [0, 0.1) is 0 Å². The second-order valence-corrected chi connectivity index (χ2v) is 5.22. The van der Waals surface area contributed by atoms with E-state index in [1.165, 1.54) is 11.1 Å². The number of nitrogens with one attached hydrogen (secondary N) is 1. The van der Waals surface area contributed by atoms with Crippen molar-refractivity contribution in [2.24, 2.45) is 0 Å². The Morgan fingerprint density at radius 3 is 2.29 bits per heavy atom. The maximum absolute atomic E-state index is 5.65. The van der Waals surface area contributed by atoms with Crippen molar-refractivity contribution in [3.05, 3.63) is 65.7 Å². The van der Waals surface area contributed by atoms with Crippen LogP contribution in [0.3, 0.4) is 0 Å². The molecule has 2 nitrogen and oxygen atoms in total. The van der Waals surface area contributed by atoms with Crippen LogP contribution in [-0.4, -0.2) is 13.2 Å².